The van der Waals surface area contributed by atoms with Gasteiger partial charge in [0.1, 0.15) is 0 Å². The molecule has 0 fully saturated rings. The summed E-state index contributed by atoms with van der Waals surface area (Å²) in [7, 11) is 0. The SMILES string of the molecule is N#CC12CC=CCC1(OCc1ccccc1Br)CC=CC2. The van der Waals surface area contributed by atoms with Crippen LogP contribution < -0.4 is 0 Å². The van der Waals surface area contributed by atoms with Gasteiger partial charge in [0.2, 0.25) is 0 Å². The van der Waals surface area contributed by atoms with Crippen LogP contribution in [0, 0.1) is 16.7 Å². The number of halogens is 1. The number of ether oxygens (including phenoxy) is 1. The molecule has 108 valence electrons. The van der Waals surface area contributed by atoms with Crippen LogP contribution in [0.3, 0.4) is 0 Å². The molecule has 2 nitrogen and oxygen atoms in total. The number of benzene rings is 1. The summed E-state index contributed by atoms with van der Waals surface area (Å²) in [6.07, 6.45) is 11.8. The average molecular weight is 344 g/mol. The predicted molar refractivity (Wildman–Crippen MR) is 86.5 cm³/mol. The summed E-state index contributed by atoms with van der Waals surface area (Å²) < 4.78 is 7.44. The second-order valence-corrected chi connectivity index (χ2v) is 6.68. The van der Waals surface area contributed by atoms with E-state index >= 15 is 0 Å². The molecular formula is C18H18BrNO. The maximum atomic E-state index is 9.79. The maximum Gasteiger partial charge on any atom is 0.0946 e. The molecule has 1 aromatic rings. The average Bonchev–Trinajstić information content (AvgIpc) is 2.54. The Morgan fingerprint density at radius 1 is 1.05 bits per heavy atom. The van der Waals surface area contributed by atoms with Gasteiger partial charge in [0.25, 0.3) is 0 Å². The molecule has 3 rings (SSSR count). The van der Waals surface area contributed by atoms with Gasteiger partial charge < -0.3 is 4.74 Å². The fourth-order valence-electron chi connectivity index (χ4n) is 3.33. The predicted octanol–water partition coefficient (Wildman–Crippen LogP) is 4.91. The zero-order valence-corrected chi connectivity index (χ0v) is 13.5. The quantitative estimate of drug-likeness (QED) is 0.730. The molecule has 0 saturated heterocycles. The van der Waals surface area contributed by atoms with Crippen LogP contribution in [0.1, 0.15) is 31.2 Å². The monoisotopic (exact) mass is 343 g/mol. The van der Waals surface area contributed by atoms with Crippen LogP contribution in [0.2, 0.25) is 0 Å². The Labute approximate surface area is 134 Å². The number of hydrogen-bond donors (Lipinski definition) is 0. The molecule has 0 N–H and O–H groups in total. The number of rotatable bonds is 3. The molecule has 0 radical (unpaired) electrons. The molecule has 0 amide bonds. The molecule has 0 bridgehead atoms. The Morgan fingerprint density at radius 2 is 1.67 bits per heavy atom. The van der Waals surface area contributed by atoms with E-state index in [1.807, 2.05) is 18.2 Å². The number of allylic oxidation sites excluding steroid dienone is 2. The molecule has 0 aromatic heterocycles. The summed E-state index contributed by atoms with van der Waals surface area (Å²) in [5.41, 5.74) is 0.320. The lowest BCUT2D eigenvalue weighted by Gasteiger charge is -2.48. The second-order valence-electron chi connectivity index (χ2n) is 5.83. The number of fused-ring (bicyclic) bond motifs is 1. The van der Waals surface area contributed by atoms with E-state index in [0.29, 0.717) is 6.61 Å². The van der Waals surface area contributed by atoms with E-state index in [1.54, 1.807) is 0 Å². The lowest BCUT2D eigenvalue weighted by atomic mass is 9.61. The first-order valence-corrected chi connectivity index (χ1v) is 8.09. The first kappa shape index (κ1) is 14.6. The fourth-order valence-corrected chi connectivity index (χ4v) is 3.73. The van der Waals surface area contributed by atoms with Crippen molar-refractivity contribution in [1.29, 1.82) is 5.26 Å². The summed E-state index contributed by atoms with van der Waals surface area (Å²) in [5, 5.41) is 9.79. The zero-order valence-electron chi connectivity index (χ0n) is 11.9. The van der Waals surface area contributed by atoms with Crippen molar-refractivity contribution in [2.45, 2.75) is 37.9 Å². The minimum Gasteiger partial charge on any atom is -0.368 e. The van der Waals surface area contributed by atoms with Gasteiger partial charge in [-0.1, -0.05) is 58.4 Å². The molecule has 0 saturated carbocycles. The lowest BCUT2D eigenvalue weighted by molar-refractivity contribution is -0.126. The first-order valence-electron chi connectivity index (χ1n) is 7.30. The summed E-state index contributed by atoms with van der Waals surface area (Å²) in [5.74, 6) is 0. The third-order valence-corrected chi connectivity index (χ3v) is 5.48. The van der Waals surface area contributed by atoms with Gasteiger partial charge in [0.05, 0.1) is 23.7 Å². The maximum absolute atomic E-state index is 9.79. The van der Waals surface area contributed by atoms with E-state index in [-0.39, 0.29) is 5.60 Å². The van der Waals surface area contributed by atoms with E-state index in [1.165, 1.54) is 0 Å². The van der Waals surface area contributed by atoms with Gasteiger partial charge in [-0.3, -0.25) is 0 Å². The minimum absolute atomic E-state index is 0.388. The molecule has 2 aliphatic carbocycles. The van der Waals surface area contributed by atoms with Crippen molar-refractivity contribution in [3.63, 3.8) is 0 Å². The van der Waals surface area contributed by atoms with Gasteiger partial charge in [-0.2, -0.15) is 5.26 Å². The summed E-state index contributed by atoms with van der Waals surface area (Å²) in [4.78, 5) is 0. The van der Waals surface area contributed by atoms with Crippen molar-refractivity contribution < 1.29 is 4.74 Å². The normalized spacial score (nSPS) is 30.7. The van der Waals surface area contributed by atoms with Crippen LogP contribution in [-0.4, -0.2) is 5.60 Å². The van der Waals surface area contributed by atoms with E-state index < -0.39 is 5.41 Å². The standard InChI is InChI=1S/C18H18BrNO/c19-16-8-2-1-7-15(16)13-21-18-11-5-3-9-17(18,14-20)10-4-6-12-18/h1-8H,9-13H2. The Bertz CT molecular complexity index is 608. The van der Waals surface area contributed by atoms with Crippen LogP contribution in [0.15, 0.2) is 53.0 Å². The van der Waals surface area contributed by atoms with E-state index in [0.717, 1.165) is 35.7 Å². The molecule has 0 unspecified atom stereocenters. The molecule has 3 heteroatoms. The van der Waals surface area contributed by atoms with Crippen molar-refractivity contribution in [1.82, 2.24) is 0 Å². The van der Waals surface area contributed by atoms with Crippen LogP contribution in [0.4, 0.5) is 0 Å². The third-order valence-electron chi connectivity index (χ3n) is 4.71. The number of hydrogen-bond acceptors (Lipinski definition) is 2. The first-order chi connectivity index (χ1) is 10.2. The molecule has 1 aromatic carbocycles. The van der Waals surface area contributed by atoms with Crippen molar-refractivity contribution in [2.24, 2.45) is 5.41 Å². The largest absolute Gasteiger partial charge is 0.368 e. The third kappa shape index (κ3) is 2.47. The zero-order chi connectivity index (χ0) is 14.8. The highest BCUT2D eigenvalue weighted by atomic mass is 79.9. The van der Waals surface area contributed by atoms with Crippen LogP contribution in [0.5, 0.6) is 0 Å². The number of nitriles is 1. The van der Waals surface area contributed by atoms with Crippen molar-refractivity contribution in [3.8, 4) is 6.07 Å². The summed E-state index contributed by atoms with van der Waals surface area (Å²) in [6.45, 7) is 0.534. The van der Waals surface area contributed by atoms with Crippen LogP contribution >= 0.6 is 15.9 Å². The molecule has 2 aliphatic rings. The molecule has 0 aliphatic heterocycles. The fraction of sp³-hybridized carbons (Fsp3) is 0.389. The second kappa shape index (κ2) is 5.79. The van der Waals surface area contributed by atoms with Gasteiger partial charge in [0, 0.05) is 4.47 Å². The van der Waals surface area contributed by atoms with Gasteiger partial charge in [-0.05, 0) is 37.3 Å². The Balaban J connectivity index is 1.87. The lowest BCUT2D eigenvalue weighted by Crippen LogP contribution is -2.51. The van der Waals surface area contributed by atoms with Gasteiger partial charge in [-0.25, -0.2) is 0 Å². The van der Waals surface area contributed by atoms with E-state index in [9.17, 15) is 5.26 Å². The molecule has 0 atom stereocenters. The number of nitrogens with zero attached hydrogens (tertiary/aromatic N) is 1. The summed E-state index contributed by atoms with van der Waals surface area (Å²) >= 11 is 3.56. The van der Waals surface area contributed by atoms with E-state index in [2.05, 4.69) is 52.4 Å². The Hall–Kier alpha value is -1.37. The highest BCUT2D eigenvalue weighted by molar-refractivity contribution is 9.10. The molecule has 21 heavy (non-hydrogen) atoms. The topological polar surface area (TPSA) is 33.0 Å². The highest BCUT2D eigenvalue weighted by Crippen LogP contribution is 2.51. The Morgan fingerprint density at radius 3 is 2.29 bits per heavy atom. The van der Waals surface area contributed by atoms with Gasteiger partial charge in [-0.15, -0.1) is 0 Å². The molecule has 0 heterocycles. The molecule has 0 spiro atoms. The van der Waals surface area contributed by atoms with Crippen molar-refractivity contribution in [3.05, 3.63) is 58.6 Å². The smallest absolute Gasteiger partial charge is 0.0946 e. The van der Waals surface area contributed by atoms with Gasteiger partial charge in [0.15, 0.2) is 0 Å². The van der Waals surface area contributed by atoms with Crippen LogP contribution in [-0.2, 0) is 11.3 Å². The minimum atomic E-state index is -0.419. The van der Waals surface area contributed by atoms with Gasteiger partial charge >= 0.3 is 0 Å². The Kier molecular flexibility index (Phi) is 4.01. The highest BCUT2D eigenvalue weighted by Gasteiger charge is 2.53. The van der Waals surface area contributed by atoms with Crippen molar-refractivity contribution in [2.75, 3.05) is 0 Å². The van der Waals surface area contributed by atoms with E-state index in [4.69, 9.17) is 4.74 Å². The molecular weight excluding hydrogens is 326 g/mol. The summed E-state index contributed by atoms with van der Waals surface area (Å²) in [6, 6.07) is 10.7. The van der Waals surface area contributed by atoms with Crippen LogP contribution in [0.25, 0.3) is 0 Å². The van der Waals surface area contributed by atoms with Crippen molar-refractivity contribution >= 4 is 15.9 Å².